The van der Waals surface area contributed by atoms with Crippen LogP contribution < -0.4 is 0 Å². The fourth-order valence-corrected chi connectivity index (χ4v) is 4.12. The van der Waals surface area contributed by atoms with E-state index in [0.717, 1.165) is 11.2 Å². The van der Waals surface area contributed by atoms with E-state index in [9.17, 15) is 0 Å². The molecule has 1 aliphatic rings. The summed E-state index contributed by atoms with van der Waals surface area (Å²) in [5, 5.41) is 1.14. The third-order valence-electron chi connectivity index (χ3n) is 4.68. The summed E-state index contributed by atoms with van der Waals surface area (Å²) < 4.78 is 0. The first-order chi connectivity index (χ1) is 8.15. The Morgan fingerprint density at radius 3 is 2.18 bits per heavy atom. The summed E-state index contributed by atoms with van der Waals surface area (Å²) in [7, 11) is 2.32. The van der Waals surface area contributed by atoms with Gasteiger partial charge in [0.25, 0.3) is 0 Å². The molecule has 0 N–H and O–H groups in total. The summed E-state index contributed by atoms with van der Waals surface area (Å²) in [6, 6.07) is 0. The minimum atomic E-state index is 0.490. The molecule has 0 bridgehead atoms. The van der Waals surface area contributed by atoms with Crippen molar-refractivity contribution in [1.82, 2.24) is 4.90 Å². The molecule has 0 radical (unpaired) electrons. The maximum Gasteiger partial charge on any atom is 0.01000 e. The van der Waals surface area contributed by atoms with E-state index in [1.54, 1.807) is 0 Å². The zero-order valence-electron chi connectivity index (χ0n) is 12.0. The lowest BCUT2D eigenvalue weighted by atomic mass is 9.83. The van der Waals surface area contributed by atoms with E-state index >= 15 is 0 Å². The summed E-state index contributed by atoms with van der Waals surface area (Å²) in [5.41, 5.74) is 0.490. The number of halogens is 1. The largest absolute Gasteiger partial charge is 0.306 e. The van der Waals surface area contributed by atoms with E-state index in [4.69, 9.17) is 0 Å². The number of alkyl halides is 1. The van der Waals surface area contributed by atoms with Gasteiger partial charge in [-0.15, -0.1) is 0 Å². The van der Waals surface area contributed by atoms with Gasteiger partial charge in [-0.05, 0) is 44.1 Å². The molecule has 0 aromatic rings. The minimum Gasteiger partial charge on any atom is -0.306 e. The van der Waals surface area contributed by atoms with Crippen LogP contribution in [0.5, 0.6) is 0 Å². The molecule has 0 heterocycles. The molecule has 0 unspecified atom stereocenters. The second kappa shape index (κ2) is 7.78. The molecule has 0 saturated heterocycles. The Hall–Kier alpha value is 0.440. The molecule has 17 heavy (non-hydrogen) atoms. The molecule has 102 valence electrons. The van der Waals surface area contributed by atoms with Gasteiger partial charge in [0.05, 0.1) is 0 Å². The number of hydrogen-bond acceptors (Lipinski definition) is 1. The fourth-order valence-electron chi connectivity index (χ4n) is 3.15. The van der Waals surface area contributed by atoms with E-state index in [-0.39, 0.29) is 0 Å². The zero-order valence-corrected chi connectivity index (χ0v) is 13.6. The first kappa shape index (κ1) is 15.5. The van der Waals surface area contributed by atoms with E-state index in [0.29, 0.717) is 5.41 Å². The molecule has 0 atom stereocenters. The molecule has 1 rings (SSSR count). The summed E-state index contributed by atoms with van der Waals surface area (Å²) >= 11 is 3.72. The van der Waals surface area contributed by atoms with Gasteiger partial charge in [-0.2, -0.15) is 0 Å². The Labute approximate surface area is 116 Å². The van der Waals surface area contributed by atoms with Crippen LogP contribution >= 0.6 is 15.9 Å². The molecular weight excluding hydrogens is 274 g/mol. The van der Waals surface area contributed by atoms with Crippen molar-refractivity contribution >= 4 is 15.9 Å². The maximum absolute atomic E-state index is 3.72. The highest BCUT2D eigenvalue weighted by Gasteiger charge is 2.27. The van der Waals surface area contributed by atoms with Crippen LogP contribution in [0.3, 0.4) is 0 Å². The molecule has 1 fully saturated rings. The first-order valence-corrected chi connectivity index (χ1v) is 8.52. The fraction of sp³-hybridized carbons (Fsp3) is 1.00. The van der Waals surface area contributed by atoms with Gasteiger partial charge in [-0.25, -0.2) is 0 Å². The molecule has 0 aromatic carbocycles. The highest BCUT2D eigenvalue weighted by molar-refractivity contribution is 9.09. The lowest BCUT2D eigenvalue weighted by Gasteiger charge is -2.36. The van der Waals surface area contributed by atoms with Gasteiger partial charge in [0, 0.05) is 18.4 Å². The molecular formula is C15H30BrN. The van der Waals surface area contributed by atoms with Crippen LogP contribution in [0.25, 0.3) is 0 Å². The predicted octanol–water partition coefficient (Wildman–Crippen LogP) is 4.70. The van der Waals surface area contributed by atoms with Gasteiger partial charge in [-0.3, -0.25) is 0 Å². The van der Waals surface area contributed by atoms with Crippen molar-refractivity contribution in [2.45, 2.75) is 58.8 Å². The molecule has 0 aromatic heterocycles. The number of hydrogen-bond donors (Lipinski definition) is 0. The van der Waals surface area contributed by atoms with Crippen molar-refractivity contribution in [3.05, 3.63) is 0 Å². The van der Waals surface area contributed by atoms with Crippen molar-refractivity contribution in [3.63, 3.8) is 0 Å². The topological polar surface area (TPSA) is 3.24 Å². The number of nitrogens with zero attached hydrogens (tertiary/aromatic N) is 1. The zero-order chi connectivity index (χ0) is 12.7. The van der Waals surface area contributed by atoms with Crippen molar-refractivity contribution in [1.29, 1.82) is 0 Å². The van der Waals surface area contributed by atoms with E-state index in [1.165, 1.54) is 58.0 Å². The van der Waals surface area contributed by atoms with Gasteiger partial charge < -0.3 is 4.90 Å². The smallest absolute Gasteiger partial charge is 0.01000 e. The molecule has 2 heteroatoms. The Balaban J connectivity index is 2.38. The standard InChI is InChI=1S/C15H30BrN/c1-4-15(5-2,12-16)13-17(3)11-14-9-7-6-8-10-14/h14H,4-13H2,1-3H3. The minimum absolute atomic E-state index is 0.490. The second-order valence-corrected chi connectivity index (χ2v) is 6.60. The molecule has 0 spiro atoms. The highest BCUT2D eigenvalue weighted by atomic mass is 79.9. The molecule has 0 amide bonds. The maximum atomic E-state index is 3.72. The van der Waals surface area contributed by atoms with E-state index < -0.39 is 0 Å². The van der Waals surface area contributed by atoms with Crippen LogP contribution in [-0.4, -0.2) is 30.4 Å². The van der Waals surface area contributed by atoms with Crippen LogP contribution in [-0.2, 0) is 0 Å². The summed E-state index contributed by atoms with van der Waals surface area (Å²) in [6.07, 6.45) is 9.88. The molecule has 1 nitrogen and oxygen atoms in total. The van der Waals surface area contributed by atoms with Crippen LogP contribution in [0.2, 0.25) is 0 Å². The third kappa shape index (κ3) is 4.90. The average Bonchev–Trinajstić information content (AvgIpc) is 2.37. The van der Waals surface area contributed by atoms with Crippen LogP contribution in [0.15, 0.2) is 0 Å². The Morgan fingerprint density at radius 2 is 1.71 bits per heavy atom. The molecule has 0 aliphatic heterocycles. The quantitative estimate of drug-likeness (QED) is 0.616. The third-order valence-corrected chi connectivity index (χ3v) is 5.87. The van der Waals surface area contributed by atoms with Crippen molar-refractivity contribution in [2.75, 3.05) is 25.5 Å². The monoisotopic (exact) mass is 303 g/mol. The summed E-state index contributed by atoms with van der Waals surface area (Å²) in [5.74, 6) is 0.968. The van der Waals surface area contributed by atoms with E-state index in [2.05, 4.69) is 41.7 Å². The highest BCUT2D eigenvalue weighted by Crippen LogP contribution is 2.31. The SMILES string of the molecule is CCC(CC)(CBr)CN(C)CC1CCCCC1. The second-order valence-electron chi connectivity index (χ2n) is 6.04. The van der Waals surface area contributed by atoms with Crippen molar-refractivity contribution in [3.8, 4) is 0 Å². The first-order valence-electron chi connectivity index (χ1n) is 7.40. The van der Waals surface area contributed by atoms with Crippen LogP contribution in [0.1, 0.15) is 58.8 Å². The molecule has 1 saturated carbocycles. The predicted molar refractivity (Wildman–Crippen MR) is 80.9 cm³/mol. The normalized spacial score (nSPS) is 18.9. The summed E-state index contributed by atoms with van der Waals surface area (Å²) in [4.78, 5) is 2.59. The van der Waals surface area contributed by atoms with Crippen LogP contribution in [0.4, 0.5) is 0 Å². The Kier molecular flexibility index (Phi) is 7.10. The Morgan fingerprint density at radius 1 is 1.12 bits per heavy atom. The van der Waals surface area contributed by atoms with Gasteiger partial charge >= 0.3 is 0 Å². The lowest BCUT2D eigenvalue weighted by molar-refractivity contribution is 0.154. The van der Waals surface area contributed by atoms with Gasteiger partial charge in [-0.1, -0.05) is 49.0 Å². The average molecular weight is 304 g/mol. The molecule has 1 aliphatic carbocycles. The summed E-state index contributed by atoms with van der Waals surface area (Å²) in [6.45, 7) is 7.23. The van der Waals surface area contributed by atoms with Gasteiger partial charge in [0.15, 0.2) is 0 Å². The lowest BCUT2D eigenvalue weighted by Crippen LogP contribution is -2.38. The van der Waals surface area contributed by atoms with Crippen molar-refractivity contribution < 1.29 is 0 Å². The van der Waals surface area contributed by atoms with Gasteiger partial charge in [0.2, 0.25) is 0 Å². The van der Waals surface area contributed by atoms with Crippen LogP contribution in [0, 0.1) is 11.3 Å². The van der Waals surface area contributed by atoms with Gasteiger partial charge in [0.1, 0.15) is 0 Å². The number of rotatable bonds is 7. The van der Waals surface area contributed by atoms with E-state index in [1.807, 2.05) is 0 Å². The van der Waals surface area contributed by atoms with Crippen molar-refractivity contribution in [2.24, 2.45) is 11.3 Å². The Bertz CT molecular complexity index is 187.